The Kier molecular flexibility index (Phi) is 4.69. The Morgan fingerprint density at radius 3 is 2.58 bits per heavy atom. The summed E-state index contributed by atoms with van der Waals surface area (Å²) in [5.74, 6) is 0.609. The van der Waals surface area contributed by atoms with E-state index in [0.29, 0.717) is 11.5 Å². The Balaban J connectivity index is 1.83. The molecule has 2 rings (SSSR count). The lowest BCUT2D eigenvalue weighted by Crippen LogP contribution is -2.14. The van der Waals surface area contributed by atoms with Gasteiger partial charge < -0.3 is 4.74 Å². The standard InChI is InChI=1S/C13H12ClN3O2/c14-8-11-6-7-12(17-16-11)15-13(18)19-9-10-4-2-1-3-5-10/h1-7H,8-9H2,(H,15,17,18). The van der Waals surface area contributed by atoms with E-state index in [2.05, 4.69) is 15.5 Å². The Hall–Kier alpha value is -2.14. The molecular weight excluding hydrogens is 266 g/mol. The van der Waals surface area contributed by atoms with Crippen LogP contribution in [0.25, 0.3) is 0 Å². The molecule has 0 radical (unpaired) electrons. The first-order chi connectivity index (χ1) is 9.28. The normalized spacial score (nSPS) is 9.95. The van der Waals surface area contributed by atoms with Crippen LogP contribution in [-0.4, -0.2) is 16.3 Å². The molecule has 0 aliphatic heterocycles. The number of amides is 1. The fraction of sp³-hybridized carbons (Fsp3) is 0.154. The number of carbonyl (C=O) groups is 1. The van der Waals surface area contributed by atoms with Gasteiger partial charge in [-0.05, 0) is 17.7 Å². The third-order valence-electron chi connectivity index (χ3n) is 2.30. The second-order valence-corrected chi connectivity index (χ2v) is 4.00. The zero-order valence-corrected chi connectivity index (χ0v) is 10.8. The summed E-state index contributed by atoms with van der Waals surface area (Å²) in [5, 5.41) is 10.1. The molecule has 0 saturated heterocycles. The maximum Gasteiger partial charge on any atom is 0.413 e. The molecule has 0 bridgehead atoms. The van der Waals surface area contributed by atoms with Gasteiger partial charge in [-0.3, -0.25) is 5.32 Å². The number of halogens is 1. The molecule has 1 heterocycles. The molecule has 19 heavy (non-hydrogen) atoms. The number of rotatable bonds is 4. The smallest absolute Gasteiger partial charge is 0.413 e. The SMILES string of the molecule is O=C(Nc1ccc(CCl)nn1)OCc1ccccc1. The molecule has 1 N–H and O–H groups in total. The summed E-state index contributed by atoms with van der Waals surface area (Å²) in [6.45, 7) is 0.208. The van der Waals surface area contributed by atoms with Crippen molar-refractivity contribution in [3.05, 3.63) is 53.7 Å². The van der Waals surface area contributed by atoms with E-state index >= 15 is 0 Å². The van der Waals surface area contributed by atoms with E-state index in [-0.39, 0.29) is 12.5 Å². The van der Waals surface area contributed by atoms with Crippen LogP contribution in [0.1, 0.15) is 11.3 Å². The molecule has 0 unspecified atom stereocenters. The van der Waals surface area contributed by atoms with Gasteiger partial charge in [-0.2, -0.15) is 5.10 Å². The second-order valence-electron chi connectivity index (χ2n) is 3.73. The maximum absolute atomic E-state index is 11.5. The Morgan fingerprint density at radius 1 is 1.16 bits per heavy atom. The van der Waals surface area contributed by atoms with E-state index in [0.717, 1.165) is 5.56 Å². The van der Waals surface area contributed by atoms with Crippen LogP contribution in [0, 0.1) is 0 Å². The van der Waals surface area contributed by atoms with Gasteiger partial charge in [0, 0.05) is 0 Å². The number of benzene rings is 1. The fourth-order valence-electron chi connectivity index (χ4n) is 1.36. The monoisotopic (exact) mass is 277 g/mol. The van der Waals surface area contributed by atoms with Crippen molar-refractivity contribution in [1.29, 1.82) is 0 Å². The molecule has 98 valence electrons. The molecule has 0 spiro atoms. The molecule has 0 fully saturated rings. The van der Waals surface area contributed by atoms with Crippen LogP contribution in [0.15, 0.2) is 42.5 Å². The van der Waals surface area contributed by atoms with Crippen molar-refractivity contribution in [2.75, 3.05) is 5.32 Å². The number of anilines is 1. The van der Waals surface area contributed by atoms with E-state index in [4.69, 9.17) is 16.3 Å². The number of nitrogens with zero attached hydrogens (tertiary/aromatic N) is 2. The van der Waals surface area contributed by atoms with Crippen LogP contribution in [0.3, 0.4) is 0 Å². The highest BCUT2D eigenvalue weighted by molar-refractivity contribution is 6.16. The predicted molar refractivity (Wildman–Crippen MR) is 71.8 cm³/mol. The molecule has 6 heteroatoms. The van der Waals surface area contributed by atoms with E-state index in [1.807, 2.05) is 30.3 Å². The predicted octanol–water partition coefficient (Wildman–Crippen LogP) is 2.96. The minimum atomic E-state index is -0.572. The van der Waals surface area contributed by atoms with Crippen LogP contribution >= 0.6 is 11.6 Å². The molecule has 0 aliphatic carbocycles. The Labute approximate surface area is 115 Å². The minimum absolute atomic E-state index is 0.208. The molecule has 1 aromatic heterocycles. The number of ether oxygens (including phenoxy) is 1. The first kappa shape index (κ1) is 13.3. The molecule has 0 aliphatic rings. The third-order valence-corrected chi connectivity index (χ3v) is 2.57. The van der Waals surface area contributed by atoms with Gasteiger partial charge in [-0.25, -0.2) is 4.79 Å². The summed E-state index contributed by atoms with van der Waals surface area (Å²) >= 11 is 5.59. The average Bonchev–Trinajstić information content (AvgIpc) is 2.47. The zero-order chi connectivity index (χ0) is 13.5. The lowest BCUT2D eigenvalue weighted by Gasteiger charge is -2.06. The molecule has 0 atom stereocenters. The van der Waals surface area contributed by atoms with Crippen molar-refractivity contribution in [2.24, 2.45) is 0 Å². The highest BCUT2D eigenvalue weighted by atomic mass is 35.5. The fourth-order valence-corrected chi connectivity index (χ4v) is 1.50. The van der Waals surface area contributed by atoms with Crippen LogP contribution in [-0.2, 0) is 17.2 Å². The maximum atomic E-state index is 11.5. The highest BCUT2D eigenvalue weighted by Gasteiger charge is 2.05. The summed E-state index contributed by atoms with van der Waals surface area (Å²) in [7, 11) is 0. The van der Waals surface area contributed by atoms with Gasteiger partial charge in [0.2, 0.25) is 0 Å². The van der Waals surface area contributed by atoms with Crippen molar-refractivity contribution >= 4 is 23.5 Å². The van der Waals surface area contributed by atoms with E-state index in [1.165, 1.54) is 0 Å². The first-order valence-electron chi connectivity index (χ1n) is 5.64. The molecule has 0 saturated carbocycles. The molecule has 1 aromatic carbocycles. The summed E-state index contributed by atoms with van der Waals surface area (Å²) < 4.78 is 5.04. The minimum Gasteiger partial charge on any atom is -0.444 e. The number of aromatic nitrogens is 2. The largest absolute Gasteiger partial charge is 0.444 e. The second kappa shape index (κ2) is 6.70. The third kappa shape index (κ3) is 4.22. The summed E-state index contributed by atoms with van der Waals surface area (Å²) in [6, 6.07) is 12.7. The Bertz CT molecular complexity index is 531. The van der Waals surface area contributed by atoms with E-state index in [9.17, 15) is 4.79 Å². The number of nitrogens with one attached hydrogen (secondary N) is 1. The van der Waals surface area contributed by atoms with Gasteiger partial charge in [-0.15, -0.1) is 16.7 Å². The summed E-state index contributed by atoms with van der Waals surface area (Å²) in [4.78, 5) is 11.5. The van der Waals surface area contributed by atoms with Gasteiger partial charge in [-0.1, -0.05) is 30.3 Å². The highest BCUT2D eigenvalue weighted by Crippen LogP contribution is 2.06. The molecular formula is C13H12ClN3O2. The van der Waals surface area contributed by atoms with Crippen LogP contribution in [0.4, 0.5) is 10.6 Å². The van der Waals surface area contributed by atoms with Crippen LogP contribution in [0.2, 0.25) is 0 Å². The van der Waals surface area contributed by atoms with Gasteiger partial charge in [0.15, 0.2) is 5.82 Å². The van der Waals surface area contributed by atoms with Crippen LogP contribution in [0.5, 0.6) is 0 Å². The Morgan fingerprint density at radius 2 is 1.95 bits per heavy atom. The van der Waals surface area contributed by atoms with Gasteiger partial charge in [0.1, 0.15) is 6.61 Å². The van der Waals surface area contributed by atoms with Gasteiger partial charge >= 0.3 is 6.09 Å². The van der Waals surface area contributed by atoms with E-state index in [1.54, 1.807) is 12.1 Å². The lowest BCUT2D eigenvalue weighted by atomic mass is 10.2. The van der Waals surface area contributed by atoms with Gasteiger partial charge in [0.25, 0.3) is 0 Å². The molecule has 2 aromatic rings. The number of hydrogen-bond acceptors (Lipinski definition) is 4. The summed E-state index contributed by atoms with van der Waals surface area (Å²) in [6.07, 6.45) is -0.572. The van der Waals surface area contributed by atoms with Crippen molar-refractivity contribution in [3.8, 4) is 0 Å². The number of hydrogen-bond donors (Lipinski definition) is 1. The molecule has 1 amide bonds. The van der Waals surface area contributed by atoms with E-state index < -0.39 is 6.09 Å². The van der Waals surface area contributed by atoms with Crippen molar-refractivity contribution in [1.82, 2.24) is 10.2 Å². The lowest BCUT2D eigenvalue weighted by molar-refractivity contribution is 0.155. The average molecular weight is 278 g/mol. The van der Waals surface area contributed by atoms with Crippen molar-refractivity contribution in [2.45, 2.75) is 12.5 Å². The van der Waals surface area contributed by atoms with Crippen LogP contribution < -0.4 is 5.32 Å². The molecule has 5 nitrogen and oxygen atoms in total. The first-order valence-corrected chi connectivity index (χ1v) is 6.17. The topological polar surface area (TPSA) is 64.1 Å². The van der Waals surface area contributed by atoms with Gasteiger partial charge in [0.05, 0.1) is 11.6 Å². The van der Waals surface area contributed by atoms with Crippen molar-refractivity contribution < 1.29 is 9.53 Å². The number of carbonyl (C=O) groups excluding carboxylic acids is 1. The quantitative estimate of drug-likeness (QED) is 0.873. The zero-order valence-electron chi connectivity index (χ0n) is 10.0. The van der Waals surface area contributed by atoms with Crippen molar-refractivity contribution in [3.63, 3.8) is 0 Å². The summed E-state index contributed by atoms with van der Waals surface area (Å²) in [5.41, 5.74) is 1.56. The number of alkyl halides is 1.